The van der Waals surface area contributed by atoms with E-state index in [-0.39, 0.29) is 0 Å². The molecule has 0 aliphatic carbocycles. The van der Waals surface area contributed by atoms with Gasteiger partial charge in [0.05, 0.1) is 11.0 Å². The summed E-state index contributed by atoms with van der Waals surface area (Å²) in [4.78, 5) is 18.5. The zero-order valence-corrected chi connectivity index (χ0v) is 10.8. The quantitative estimate of drug-likeness (QED) is 0.724. The monoisotopic (exact) mass is 254 g/mol. The van der Waals surface area contributed by atoms with Crippen LogP contribution in [0.1, 0.15) is 36.1 Å². The Morgan fingerprint density at radius 3 is 2.79 bits per heavy atom. The summed E-state index contributed by atoms with van der Waals surface area (Å²) in [7, 11) is 0. The lowest BCUT2D eigenvalue weighted by molar-refractivity contribution is 0.110. The van der Waals surface area contributed by atoms with Crippen LogP contribution in [0.25, 0.3) is 22.4 Å². The number of aromatic nitrogens is 2. The number of H-pyrrole nitrogens is 1. The molecule has 0 aliphatic rings. The minimum atomic E-state index is 0.336. The Bertz CT molecular complexity index is 738. The summed E-state index contributed by atoms with van der Waals surface area (Å²) in [5.74, 6) is 2.36. The maximum absolute atomic E-state index is 10.6. The lowest BCUT2D eigenvalue weighted by atomic mass is 10.1. The number of fused-ring (bicyclic) bond motifs is 1. The third-order valence-corrected chi connectivity index (χ3v) is 3.07. The van der Waals surface area contributed by atoms with Gasteiger partial charge in [-0.05, 0) is 30.3 Å². The van der Waals surface area contributed by atoms with Crippen molar-refractivity contribution in [3.05, 3.63) is 41.9 Å². The van der Waals surface area contributed by atoms with E-state index in [0.29, 0.717) is 23.7 Å². The Kier molecular flexibility index (Phi) is 2.71. The minimum absolute atomic E-state index is 0.336. The maximum atomic E-state index is 10.6. The molecule has 3 rings (SSSR count). The number of benzene rings is 1. The predicted molar refractivity (Wildman–Crippen MR) is 73.3 cm³/mol. The van der Waals surface area contributed by atoms with Gasteiger partial charge in [-0.2, -0.15) is 0 Å². The number of nitrogens with zero attached hydrogens (tertiary/aromatic N) is 1. The minimum Gasteiger partial charge on any atom is -0.453 e. The summed E-state index contributed by atoms with van der Waals surface area (Å²) in [6.45, 7) is 4.20. The lowest BCUT2D eigenvalue weighted by Gasteiger charge is -1.96. The number of furan rings is 1. The fourth-order valence-electron chi connectivity index (χ4n) is 2.03. The second-order valence-corrected chi connectivity index (χ2v) is 4.83. The number of rotatable bonds is 3. The topological polar surface area (TPSA) is 58.9 Å². The number of hydrogen-bond acceptors (Lipinski definition) is 3. The maximum Gasteiger partial charge on any atom is 0.185 e. The molecule has 19 heavy (non-hydrogen) atoms. The van der Waals surface area contributed by atoms with Gasteiger partial charge in [-0.3, -0.25) is 4.79 Å². The Morgan fingerprint density at radius 2 is 2.11 bits per heavy atom. The second kappa shape index (κ2) is 4.39. The second-order valence-electron chi connectivity index (χ2n) is 4.83. The van der Waals surface area contributed by atoms with Gasteiger partial charge < -0.3 is 9.40 Å². The van der Waals surface area contributed by atoms with Gasteiger partial charge >= 0.3 is 0 Å². The summed E-state index contributed by atoms with van der Waals surface area (Å²) >= 11 is 0. The normalized spacial score (nSPS) is 11.3. The molecule has 2 heterocycles. The van der Waals surface area contributed by atoms with E-state index in [2.05, 4.69) is 23.8 Å². The number of aldehydes is 1. The molecule has 2 aromatic heterocycles. The first-order chi connectivity index (χ1) is 9.17. The molecule has 0 radical (unpaired) electrons. The molecule has 96 valence electrons. The number of hydrogen-bond donors (Lipinski definition) is 1. The summed E-state index contributed by atoms with van der Waals surface area (Å²) < 4.78 is 5.42. The van der Waals surface area contributed by atoms with Crippen molar-refractivity contribution in [2.75, 3.05) is 0 Å². The van der Waals surface area contributed by atoms with Crippen LogP contribution in [0.15, 0.2) is 34.7 Å². The lowest BCUT2D eigenvalue weighted by Crippen LogP contribution is -1.88. The summed E-state index contributed by atoms with van der Waals surface area (Å²) in [6.07, 6.45) is 0.703. The van der Waals surface area contributed by atoms with Crippen LogP contribution in [-0.2, 0) is 0 Å². The van der Waals surface area contributed by atoms with E-state index in [1.165, 1.54) is 0 Å². The van der Waals surface area contributed by atoms with E-state index < -0.39 is 0 Å². The van der Waals surface area contributed by atoms with Crippen LogP contribution in [-0.4, -0.2) is 16.3 Å². The predicted octanol–water partition coefficient (Wildman–Crippen LogP) is 3.76. The Hall–Kier alpha value is -2.36. The fourth-order valence-corrected chi connectivity index (χ4v) is 2.03. The van der Waals surface area contributed by atoms with Gasteiger partial charge in [0.15, 0.2) is 12.0 Å². The first kappa shape index (κ1) is 11.7. The third-order valence-electron chi connectivity index (χ3n) is 3.07. The van der Waals surface area contributed by atoms with E-state index in [9.17, 15) is 4.79 Å². The van der Waals surface area contributed by atoms with Crippen molar-refractivity contribution in [2.45, 2.75) is 19.8 Å². The van der Waals surface area contributed by atoms with Crippen molar-refractivity contribution in [3.8, 4) is 11.3 Å². The third kappa shape index (κ3) is 2.05. The van der Waals surface area contributed by atoms with Crippen molar-refractivity contribution < 1.29 is 9.21 Å². The van der Waals surface area contributed by atoms with Crippen LogP contribution in [0.2, 0.25) is 0 Å². The molecule has 3 aromatic rings. The standard InChI is InChI=1S/C15H14N2O2/c1-9(2)15-16-12-5-3-10(7-13(12)17-15)14-6-4-11(8-18)19-14/h3-9H,1-2H3,(H,16,17). The van der Waals surface area contributed by atoms with Crippen LogP contribution in [0, 0.1) is 0 Å². The highest BCUT2D eigenvalue weighted by atomic mass is 16.3. The molecule has 4 nitrogen and oxygen atoms in total. The van der Waals surface area contributed by atoms with Crippen molar-refractivity contribution in [2.24, 2.45) is 0 Å². The molecule has 0 bridgehead atoms. The van der Waals surface area contributed by atoms with Gasteiger partial charge in [-0.15, -0.1) is 0 Å². The van der Waals surface area contributed by atoms with Crippen molar-refractivity contribution in [1.82, 2.24) is 9.97 Å². The molecule has 0 amide bonds. The van der Waals surface area contributed by atoms with Crippen LogP contribution < -0.4 is 0 Å². The number of imidazole rings is 1. The molecule has 0 saturated carbocycles. The molecule has 0 fully saturated rings. The van der Waals surface area contributed by atoms with Crippen molar-refractivity contribution in [3.63, 3.8) is 0 Å². The molecule has 1 N–H and O–H groups in total. The van der Waals surface area contributed by atoms with Crippen LogP contribution in [0.5, 0.6) is 0 Å². The van der Waals surface area contributed by atoms with Crippen LogP contribution >= 0.6 is 0 Å². The zero-order chi connectivity index (χ0) is 13.4. The summed E-state index contributed by atoms with van der Waals surface area (Å²) in [5.41, 5.74) is 2.85. The highest BCUT2D eigenvalue weighted by Gasteiger charge is 2.09. The molecule has 0 saturated heterocycles. The van der Waals surface area contributed by atoms with Crippen molar-refractivity contribution >= 4 is 17.3 Å². The van der Waals surface area contributed by atoms with Crippen LogP contribution in [0.3, 0.4) is 0 Å². The smallest absolute Gasteiger partial charge is 0.185 e. The van der Waals surface area contributed by atoms with E-state index in [1.807, 2.05) is 18.2 Å². The number of carbonyl (C=O) groups excluding carboxylic acids is 1. The van der Waals surface area contributed by atoms with Gasteiger partial charge in [0, 0.05) is 11.5 Å². The van der Waals surface area contributed by atoms with E-state index >= 15 is 0 Å². The van der Waals surface area contributed by atoms with Gasteiger partial charge in [0.1, 0.15) is 11.6 Å². The van der Waals surface area contributed by atoms with E-state index in [4.69, 9.17) is 4.42 Å². The SMILES string of the molecule is CC(C)c1nc2ccc(-c3ccc(C=O)o3)cc2[nH]1. The van der Waals surface area contributed by atoms with E-state index in [0.717, 1.165) is 22.4 Å². The molecule has 0 atom stereocenters. The number of nitrogens with one attached hydrogen (secondary N) is 1. The number of aromatic amines is 1. The van der Waals surface area contributed by atoms with E-state index in [1.54, 1.807) is 12.1 Å². The van der Waals surface area contributed by atoms with Crippen molar-refractivity contribution in [1.29, 1.82) is 0 Å². The average molecular weight is 254 g/mol. The highest BCUT2D eigenvalue weighted by Crippen LogP contribution is 2.26. The molecule has 1 aromatic carbocycles. The fraction of sp³-hybridized carbons (Fsp3) is 0.200. The number of carbonyl (C=O) groups is 1. The Labute approximate surface area is 110 Å². The first-order valence-corrected chi connectivity index (χ1v) is 6.22. The summed E-state index contributed by atoms with van der Waals surface area (Å²) in [6, 6.07) is 9.35. The molecular weight excluding hydrogens is 240 g/mol. The zero-order valence-electron chi connectivity index (χ0n) is 10.8. The molecule has 0 unspecified atom stereocenters. The Morgan fingerprint density at radius 1 is 1.26 bits per heavy atom. The highest BCUT2D eigenvalue weighted by molar-refractivity contribution is 5.81. The first-order valence-electron chi connectivity index (χ1n) is 6.22. The molecule has 0 spiro atoms. The van der Waals surface area contributed by atoms with Gasteiger partial charge in [-0.25, -0.2) is 4.98 Å². The Balaban J connectivity index is 2.07. The largest absolute Gasteiger partial charge is 0.453 e. The average Bonchev–Trinajstić information content (AvgIpc) is 3.04. The molecular formula is C15H14N2O2. The van der Waals surface area contributed by atoms with Gasteiger partial charge in [0.25, 0.3) is 0 Å². The van der Waals surface area contributed by atoms with Gasteiger partial charge in [-0.1, -0.05) is 13.8 Å². The molecule has 4 heteroatoms. The molecule has 0 aliphatic heterocycles. The van der Waals surface area contributed by atoms with Crippen LogP contribution in [0.4, 0.5) is 0 Å². The van der Waals surface area contributed by atoms with Gasteiger partial charge in [0.2, 0.25) is 0 Å². The summed E-state index contributed by atoms with van der Waals surface area (Å²) in [5, 5.41) is 0.